The normalized spacial score (nSPS) is 16.3. The van der Waals surface area contributed by atoms with Crippen LogP contribution in [0.25, 0.3) is 0 Å². The third-order valence-electron chi connectivity index (χ3n) is 3.14. The predicted molar refractivity (Wildman–Crippen MR) is 71.1 cm³/mol. The van der Waals surface area contributed by atoms with E-state index in [0.717, 1.165) is 11.3 Å². The van der Waals surface area contributed by atoms with E-state index in [1.807, 2.05) is 24.3 Å². The number of nitrogens with one attached hydrogen (secondary N) is 1. The summed E-state index contributed by atoms with van der Waals surface area (Å²) in [6.07, 6.45) is 2.03. The van der Waals surface area contributed by atoms with Crippen molar-refractivity contribution in [2.24, 2.45) is 11.7 Å². The molecule has 0 heterocycles. The van der Waals surface area contributed by atoms with E-state index in [9.17, 15) is 4.79 Å². The summed E-state index contributed by atoms with van der Waals surface area (Å²) in [6.45, 7) is 2.88. The van der Waals surface area contributed by atoms with Gasteiger partial charge < -0.3 is 15.8 Å². The zero-order valence-electron chi connectivity index (χ0n) is 10.7. The van der Waals surface area contributed by atoms with Gasteiger partial charge in [-0.15, -0.1) is 0 Å². The van der Waals surface area contributed by atoms with E-state index < -0.39 is 6.10 Å². The van der Waals surface area contributed by atoms with Gasteiger partial charge in [-0.2, -0.15) is 0 Å². The molecule has 1 amide bonds. The molecule has 3 N–H and O–H groups in total. The lowest BCUT2D eigenvalue weighted by molar-refractivity contribution is -0.126. The summed E-state index contributed by atoms with van der Waals surface area (Å²) in [7, 11) is 0. The Labute approximate surface area is 108 Å². The number of nitrogens with two attached hydrogens (primary N) is 1. The van der Waals surface area contributed by atoms with Crippen molar-refractivity contribution in [2.45, 2.75) is 32.4 Å². The minimum atomic E-state index is -0.420. The minimum absolute atomic E-state index is 0.114. The van der Waals surface area contributed by atoms with E-state index in [0.29, 0.717) is 19.1 Å². The standard InChI is InChI=1S/C14H20N2O2/c1-10(18-9-11-6-7-11)14(17)16-13-5-3-2-4-12(13)8-15/h2-5,10-11H,6-9,15H2,1H3,(H,16,17). The Kier molecular flexibility index (Phi) is 4.33. The van der Waals surface area contributed by atoms with E-state index in [1.165, 1.54) is 12.8 Å². The fourth-order valence-corrected chi connectivity index (χ4v) is 1.70. The number of rotatable bonds is 6. The lowest BCUT2D eigenvalue weighted by atomic mass is 10.1. The molecule has 1 aromatic carbocycles. The molecule has 1 aliphatic rings. The van der Waals surface area contributed by atoms with Crippen LogP contribution in [0.1, 0.15) is 25.3 Å². The third-order valence-corrected chi connectivity index (χ3v) is 3.14. The third kappa shape index (κ3) is 3.55. The van der Waals surface area contributed by atoms with Gasteiger partial charge >= 0.3 is 0 Å². The molecular formula is C14H20N2O2. The van der Waals surface area contributed by atoms with Gasteiger partial charge in [-0.25, -0.2) is 0 Å². The van der Waals surface area contributed by atoms with Crippen molar-refractivity contribution in [1.29, 1.82) is 0 Å². The van der Waals surface area contributed by atoms with Crippen LogP contribution in [0.5, 0.6) is 0 Å². The highest BCUT2D eigenvalue weighted by Gasteiger charge is 2.24. The first-order valence-electron chi connectivity index (χ1n) is 6.41. The van der Waals surface area contributed by atoms with E-state index in [1.54, 1.807) is 6.92 Å². The van der Waals surface area contributed by atoms with E-state index in [-0.39, 0.29) is 5.91 Å². The predicted octanol–water partition coefficient (Wildman–Crippen LogP) is 1.90. The smallest absolute Gasteiger partial charge is 0.253 e. The van der Waals surface area contributed by atoms with Gasteiger partial charge in [-0.05, 0) is 37.3 Å². The van der Waals surface area contributed by atoms with Gasteiger partial charge in [-0.3, -0.25) is 4.79 Å². The molecule has 0 bridgehead atoms. The molecule has 0 spiro atoms. The molecule has 1 saturated carbocycles. The molecule has 1 atom stereocenters. The summed E-state index contributed by atoms with van der Waals surface area (Å²) >= 11 is 0. The Balaban J connectivity index is 1.88. The maximum Gasteiger partial charge on any atom is 0.253 e. The molecule has 0 saturated heterocycles. The van der Waals surface area contributed by atoms with Gasteiger partial charge in [-0.1, -0.05) is 18.2 Å². The van der Waals surface area contributed by atoms with Gasteiger partial charge in [0, 0.05) is 12.2 Å². The highest BCUT2D eigenvalue weighted by Crippen LogP contribution is 2.29. The number of anilines is 1. The van der Waals surface area contributed by atoms with Crippen molar-refractivity contribution < 1.29 is 9.53 Å². The number of carbonyl (C=O) groups is 1. The average molecular weight is 248 g/mol. The SMILES string of the molecule is CC(OCC1CC1)C(=O)Nc1ccccc1CN. The van der Waals surface area contributed by atoms with Crippen LogP contribution < -0.4 is 11.1 Å². The van der Waals surface area contributed by atoms with Crippen molar-refractivity contribution in [1.82, 2.24) is 0 Å². The van der Waals surface area contributed by atoms with Crippen LogP contribution in [0.2, 0.25) is 0 Å². The quantitative estimate of drug-likeness (QED) is 0.808. The molecule has 4 nitrogen and oxygen atoms in total. The Morgan fingerprint density at radius 2 is 2.22 bits per heavy atom. The van der Waals surface area contributed by atoms with E-state index >= 15 is 0 Å². The second-order valence-corrected chi connectivity index (χ2v) is 4.77. The monoisotopic (exact) mass is 248 g/mol. The molecule has 1 aromatic rings. The molecule has 0 aromatic heterocycles. The Hall–Kier alpha value is -1.39. The Bertz CT molecular complexity index is 416. The van der Waals surface area contributed by atoms with Crippen LogP contribution in [-0.2, 0) is 16.1 Å². The van der Waals surface area contributed by atoms with E-state index in [2.05, 4.69) is 5.32 Å². The molecule has 0 radical (unpaired) electrons. The van der Waals surface area contributed by atoms with Gasteiger partial charge in [0.15, 0.2) is 0 Å². The maximum atomic E-state index is 11.9. The van der Waals surface area contributed by atoms with Crippen LogP contribution >= 0.6 is 0 Å². The Morgan fingerprint density at radius 3 is 2.89 bits per heavy atom. The molecular weight excluding hydrogens is 228 g/mol. The van der Waals surface area contributed by atoms with Crippen molar-refractivity contribution in [3.63, 3.8) is 0 Å². The number of amides is 1. The van der Waals surface area contributed by atoms with Crippen molar-refractivity contribution in [3.05, 3.63) is 29.8 Å². The van der Waals surface area contributed by atoms with Crippen LogP contribution in [0.4, 0.5) is 5.69 Å². The molecule has 98 valence electrons. The second kappa shape index (κ2) is 5.98. The average Bonchev–Trinajstić information content (AvgIpc) is 3.20. The Morgan fingerprint density at radius 1 is 1.50 bits per heavy atom. The minimum Gasteiger partial charge on any atom is -0.368 e. The van der Waals surface area contributed by atoms with Gasteiger partial charge in [0.25, 0.3) is 5.91 Å². The van der Waals surface area contributed by atoms with Gasteiger partial charge in [0.05, 0.1) is 6.61 Å². The lowest BCUT2D eigenvalue weighted by Gasteiger charge is -2.15. The first-order chi connectivity index (χ1) is 8.70. The van der Waals surface area contributed by atoms with Crippen LogP contribution in [0.15, 0.2) is 24.3 Å². The second-order valence-electron chi connectivity index (χ2n) is 4.77. The van der Waals surface area contributed by atoms with Gasteiger partial charge in [0.2, 0.25) is 0 Å². The number of hydrogen-bond donors (Lipinski definition) is 2. The summed E-state index contributed by atoms with van der Waals surface area (Å²) in [5.74, 6) is 0.549. The number of hydrogen-bond acceptors (Lipinski definition) is 3. The molecule has 2 rings (SSSR count). The molecule has 1 fully saturated rings. The van der Waals surface area contributed by atoms with Crippen molar-refractivity contribution in [2.75, 3.05) is 11.9 Å². The summed E-state index contributed by atoms with van der Waals surface area (Å²) in [5, 5.41) is 2.86. The van der Waals surface area contributed by atoms with E-state index in [4.69, 9.17) is 10.5 Å². The molecule has 0 aliphatic heterocycles. The fourth-order valence-electron chi connectivity index (χ4n) is 1.70. The number of carbonyl (C=O) groups excluding carboxylic acids is 1. The highest BCUT2D eigenvalue weighted by atomic mass is 16.5. The van der Waals surface area contributed by atoms with Crippen molar-refractivity contribution in [3.8, 4) is 0 Å². The number of ether oxygens (including phenoxy) is 1. The number of benzene rings is 1. The molecule has 1 unspecified atom stereocenters. The first-order valence-corrected chi connectivity index (χ1v) is 6.41. The van der Waals surface area contributed by atoms with Crippen LogP contribution in [0, 0.1) is 5.92 Å². The summed E-state index contributed by atoms with van der Waals surface area (Å²) in [5.41, 5.74) is 7.33. The summed E-state index contributed by atoms with van der Waals surface area (Å²) in [4.78, 5) is 11.9. The molecule has 1 aliphatic carbocycles. The molecule has 4 heteroatoms. The van der Waals surface area contributed by atoms with Crippen LogP contribution in [-0.4, -0.2) is 18.6 Å². The topological polar surface area (TPSA) is 64.3 Å². The molecule has 18 heavy (non-hydrogen) atoms. The zero-order valence-corrected chi connectivity index (χ0v) is 10.7. The highest BCUT2D eigenvalue weighted by molar-refractivity contribution is 5.94. The van der Waals surface area contributed by atoms with Crippen molar-refractivity contribution >= 4 is 11.6 Å². The summed E-state index contributed by atoms with van der Waals surface area (Å²) < 4.78 is 5.53. The van der Waals surface area contributed by atoms with Crippen LogP contribution in [0.3, 0.4) is 0 Å². The summed E-state index contributed by atoms with van der Waals surface area (Å²) in [6, 6.07) is 7.55. The largest absolute Gasteiger partial charge is 0.368 e. The number of para-hydroxylation sites is 1. The first kappa shape index (κ1) is 13.1. The van der Waals surface area contributed by atoms with Gasteiger partial charge in [0.1, 0.15) is 6.10 Å². The zero-order chi connectivity index (χ0) is 13.0. The lowest BCUT2D eigenvalue weighted by Crippen LogP contribution is -2.29. The fraction of sp³-hybridized carbons (Fsp3) is 0.500. The maximum absolute atomic E-state index is 11.9.